The van der Waals surface area contributed by atoms with E-state index in [-0.39, 0.29) is 5.91 Å². The molecule has 0 bridgehead atoms. The number of hydrogen-bond acceptors (Lipinski definition) is 3. The van der Waals surface area contributed by atoms with E-state index in [0.29, 0.717) is 31.1 Å². The van der Waals surface area contributed by atoms with Crippen LogP contribution in [0.3, 0.4) is 0 Å². The van der Waals surface area contributed by atoms with Crippen LogP contribution in [0.5, 0.6) is 0 Å². The van der Waals surface area contributed by atoms with Gasteiger partial charge < -0.3 is 4.90 Å². The molecule has 0 unspecified atom stereocenters. The summed E-state index contributed by atoms with van der Waals surface area (Å²) >= 11 is 6.08. The average molecular weight is 377 g/mol. The van der Waals surface area contributed by atoms with Gasteiger partial charge in [0.15, 0.2) is 0 Å². The van der Waals surface area contributed by atoms with Crippen LogP contribution < -0.4 is 0 Å². The van der Waals surface area contributed by atoms with Gasteiger partial charge in [0.05, 0.1) is 24.9 Å². The van der Waals surface area contributed by atoms with Crippen molar-refractivity contribution < 1.29 is 4.79 Å². The molecule has 5 rings (SSSR count). The van der Waals surface area contributed by atoms with Crippen LogP contribution >= 0.6 is 11.6 Å². The molecule has 0 atom stereocenters. The minimum absolute atomic E-state index is 0.149. The highest BCUT2D eigenvalue weighted by Crippen LogP contribution is 2.30. The van der Waals surface area contributed by atoms with Crippen molar-refractivity contribution in [3.63, 3.8) is 0 Å². The summed E-state index contributed by atoms with van der Waals surface area (Å²) in [5.74, 6) is 0.149. The molecule has 1 aromatic heterocycles. The molecule has 0 saturated heterocycles. The zero-order valence-electron chi connectivity index (χ0n) is 14.6. The fourth-order valence-electron chi connectivity index (χ4n) is 3.85. The van der Waals surface area contributed by atoms with Crippen LogP contribution in [0.15, 0.2) is 53.8 Å². The molecule has 0 aliphatic carbocycles. The van der Waals surface area contributed by atoms with Crippen molar-refractivity contribution in [3.8, 4) is 0 Å². The minimum Gasteiger partial charge on any atom is -0.334 e. The van der Waals surface area contributed by atoms with E-state index >= 15 is 0 Å². The first-order chi connectivity index (χ1) is 13.2. The first kappa shape index (κ1) is 16.3. The molecule has 0 fully saturated rings. The van der Waals surface area contributed by atoms with Crippen LogP contribution in [0.25, 0.3) is 0 Å². The smallest absolute Gasteiger partial charge is 0.227 e. The zero-order valence-corrected chi connectivity index (χ0v) is 15.3. The van der Waals surface area contributed by atoms with Crippen molar-refractivity contribution in [2.24, 2.45) is 4.99 Å². The van der Waals surface area contributed by atoms with Crippen molar-refractivity contribution >= 4 is 23.2 Å². The van der Waals surface area contributed by atoms with Crippen molar-refractivity contribution in [2.75, 3.05) is 0 Å². The van der Waals surface area contributed by atoms with Gasteiger partial charge in [0.25, 0.3) is 0 Å². The number of H-pyrrole nitrogens is 1. The van der Waals surface area contributed by atoms with Gasteiger partial charge >= 0.3 is 0 Å². The second-order valence-corrected chi connectivity index (χ2v) is 7.42. The highest BCUT2D eigenvalue weighted by atomic mass is 35.5. The standard InChI is InChI=1S/C21H17ClN4O/c22-18-3-1-2-13(4-18)11-26-12-16-6-19-15(5-14(16)7-20(26)27)8-23-21(19)17-9-24-25-10-17/h1-6,9-10H,7-8,11-12H2,(H,24,25). The monoisotopic (exact) mass is 376 g/mol. The summed E-state index contributed by atoms with van der Waals surface area (Å²) in [6.07, 6.45) is 4.09. The van der Waals surface area contributed by atoms with Gasteiger partial charge in [0, 0.05) is 35.4 Å². The molecule has 3 aromatic rings. The molecule has 5 nitrogen and oxygen atoms in total. The predicted molar refractivity (Wildman–Crippen MR) is 104 cm³/mol. The van der Waals surface area contributed by atoms with Gasteiger partial charge in [0.2, 0.25) is 5.91 Å². The number of nitrogens with one attached hydrogen (secondary N) is 1. The number of aromatic nitrogens is 2. The summed E-state index contributed by atoms with van der Waals surface area (Å²) in [5, 5.41) is 7.57. The third kappa shape index (κ3) is 2.94. The maximum absolute atomic E-state index is 12.6. The summed E-state index contributed by atoms with van der Waals surface area (Å²) in [6, 6.07) is 12.0. The number of benzene rings is 2. The Bertz CT molecular complexity index is 1070. The van der Waals surface area contributed by atoms with Gasteiger partial charge in [-0.25, -0.2) is 0 Å². The molecule has 1 N–H and O–H groups in total. The lowest BCUT2D eigenvalue weighted by atomic mass is 9.91. The molecule has 0 spiro atoms. The lowest BCUT2D eigenvalue weighted by molar-refractivity contribution is -0.132. The molecule has 27 heavy (non-hydrogen) atoms. The Hall–Kier alpha value is -2.92. The lowest BCUT2D eigenvalue weighted by Crippen LogP contribution is -2.35. The molecular weight excluding hydrogens is 360 g/mol. The number of rotatable bonds is 3. The van der Waals surface area contributed by atoms with Gasteiger partial charge in [-0.3, -0.25) is 14.9 Å². The number of carbonyl (C=O) groups is 1. The molecular formula is C21H17ClN4O. The summed E-state index contributed by atoms with van der Waals surface area (Å²) < 4.78 is 0. The van der Waals surface area contributed by atoms with Gasteiger partial charge in [-0.05, 0) is 40.5 Å². The van der Waals surface area contributed by atoms with E-state index in [9.17, 15) is 4.79 Å². The summed E-state index contributed by atoms with van der Waals surface area (Å²) in [4.78, 5) is 19.2. The Balaban J connectivity index is 1.45. The molecule has 3 heterocycles. The molecule has 2 aromatic carbocycles. The molecule has 2 aliphatic heterocycles. The summed E-state index contributed by atoms with van der Waals surface area (Å²) in [6.45, 7) is 1.83. The lowest BCUT2D eigenvalue weighted by Gasteiger charge is -2.29. The number of amides is 1. The van der Waals surface area contributed by atoms with Gasteiger partial charge in [-0.2, -0.15) is 5.10 Å². The van der Waals surface area contributed by atoms with E-state index < -0.39 is 0 Å². The first-order valence-electron chi connectivity index (χ1n) is 8.88. The van der Waals surface area contributed by atoms with Crippen LogP contribution in [0, 0.1) is 0 Å². The Morgan fingerprint density at radius 2 is 2.07 bits per heavy atom. The predicted octanol–water partition coefficient (Wildman–Crippen LogP) is 3.50. The number of fused-ring (bicyclic) bond motifs is 2. The maximum Gasteiger partial charge on any atom is 0.227 e. The second kappa shape index (κ2) is 6.35. The normalized spacial score (nSPS) is 15.5. The highest BCUT2D eigenvalue weighted by molar-refractivity contribution is 6.30. The molecule has 134 valence electrons. The molecule has 1 amide bonds. The van der Waals surface area contributed by atoms with Gasteiger partial charge in [0.1, 0.15) is 0 Å². The van der Waals surface area contributed by atoms with Crippen molar-refractivity contribution in [3.05, 3.63) is 87.2 Å². The number of aliphatic imine (C=N–C) groups is 1. The SMILES string of the molecule is O=C1Cc2cc3c(cc2CN1Cc1cccc(Cl)c1)C(c1cn[nH]c1)=NC3. The fraction of sp³-hybridized carbons (Fsp3) is 0.190. The number of aromatic amines is 1. The van der Waals surface area contributed by atoms with Crippen LogP contribution in [0.1, 0.15) is 33.4 Å². The summed E-state index contributed by atoms with van der Waals surface area (Å²) in [7, 11) is 0. The van der Waals surface area contributed by atoms with E-state index in [0.717, 1.165) is 28.0 Å². The highest BCUT2D eigenvalue weighted by Gasteiger charge is 2.27. The van der Waals surface area contributed by atoms with Crippen LogP contribution in [-0.2, 0) is 30.8 Å². The largest absolute Gasteiger partial charge is 0.334 e. The Kier molecular flexibility index (Phi) is 3.83. The first-order valence-corrected chi connectivity index (χ1v) is 9.26. The van der Waals surface area contributed by atoms with Gasteiger partial charge in [-0.15, -0.1) is 0 Å². The molecule has 0 radical (unpaired) electrons. The number of halogens is 1. The molecule has 2 aliphatic rings. The van der Waals surface area contributed by atoms with E-state index in [1.165, 1.54) is 11.1 Å². The Morgan fingerprint density at radius 1 is 1.15 bits per heavy atom. The van der Waals surface area contributed by atoms with Crippen molar-refractivity contribution in [1.29, 1.82) is 0 Å². The fourth-order valence-corrected chi connectivity index (χ4v) is 4.06. The van der Waals surface area contributed by atoms with E-state index in [1.807, 2.05) is 35.4 Å². The molecule has 6 heteroatoms. The zero-order chi connectivity index (χ0) is 18.4. The van der Waals surface area contributed by atoms with Crippen molar-refractivity contribution in [2.45, 2.75) is 26.1 Å². The maximum atomic E-state index is 12.6. The summed E-state index contributed by atoms with van der Waals surface area (Å²) in [5.41, 5.74) is 7.64. The minimum atomic E-state index is 0.149. The van der Waals surface area contributed by atoms with E-state index in [2.05, 4.69) is 27.3 Å². The number of hydrogen-bond donors (Lipinski definition) is 1. The number of nitrogens with zero attached hydrogens (tertiary/aromatic N) is 3. The third-order valence-corrected chi connectivity index (χ3v) is 5.41. The quantitative estimate of drug-likeness (QED) is 0.760. The van der Waals surface area contributed by atoms with Crippen LogP contribution in [-0.4, -0.2) is 26.7 Å². The Morgan fingerprint density at radius 3 is 2.89 bits per heavy atom. The van der Waals surface area contributed by atoms with Gasteiger partial charge in [-0.1, -0.05) is 29.8 Å². The third-order valence-electron chi connectivity index (χ3n) is 5.18. The van der Waals surface area contributed by atoms with Crippen LogP contribution in [0.2, 0.25) is 5.02 Å². The molecule has 0 saturated carbocycles. The number of carbonyl (C=O) groups excluding carboxylic acids is 1. The van der Waals surface area contributed by atoms with Crippen molar-refractivity contribution in [1.82, 2.24) is 15.1 Å². The average Bonchev–Trinajstić information content (AvgIpc) is 3.30. The Labute approximate surface area is 161 Å². The van der Waals surface area contributed by atoms with E-state index in [1.54, 1.807) is 6.20 Å². The van der Waals surface area contributed by atoms with E-state index in [4.69, 9.17) is 11.6 Å². The topological polar surface area (TPSA) is 61.4 Å². The second-order valence-electron chi connectivity index (χ2n) is 6.99. The van der Waals surface area contributed by atoms with Crippen LogP contribution in [0.4, 0.5) is 0 Å².